The fourth-order valence-electron chi connectivity index (χ4n) is 12.3. The van der Waals surface area contributed by atoms with Gasteiger partial charge in [0.25, 0.3) is 6.71 Å². The third kappa shape index (κ3) is 8.42. The molecule has 0 fully saturated rings. The third-order valence-electron chi connectivity index (χ3n) is 16.8. The number of hydrogen-bond donors (Lipinski definition) is 0. The van der Waals surface area contributed by atoms with Gasteiger partial charge in [-0.2, -0.15) is 0 Å². The zero-order valence-electron chi connectivity index (χ0n) is 52.5. The fraction of sp³-hybridized carbons (Fsp3) is 0.260. The van der Waals surface area contributed by atoms with E-state index in [9.17, 15) is 2.74 Å². The van der Waals surface area contributed by atoms with Crippen molar-refractivity contribution in [1.29, 1.82) is 0 Å². The van der Waals surface area contributed by atoms with Gasteiger partial charge in [-0.05, 0) is 167 Å². The molecule has 2 heterocycles. The molecular formula is C73H74BN3. The Morgan fingerprint density at radius 2 is 0.987 bits per heavy atom. The second-order valence-corrected chi connectivity index (χ2v) is 26.4. The van der Waals surface area contributed by atoms with Gasteiger partial charge < -0.3 is 14.7 Å². The highest BCUT2D eigenvalue weighted by molar-refractivity contribution is 7.00. The predicted molar refractivity (Wildman–Crippen MR) is 333 cm³/mol. The van der Waals surface area contributed by atoms with Crippen LogP contribution in [-0.2, 0) is 27.1 Å². The average molecular weight is 1010 g/mol. The Balaban J connectivity index is 1.19. The monoisotopic (exact) mass is 1010 g/mol. The van der Waals surface area contributed by atoms with E-state index in [4.69, 9.17) is 4.11 Å². The zero-order chi connectivity index (χ0) is 58.5. The normalized spacial score (nSPS) is 15.3. The largest absolute Gasteiger partial charge is 0.311 e. The quantitative estimate of drug-likeness (QED) is 0.154. The zero-order valence-corrected chi connectivity index (χ0v) is 47.5. The minimum absolute atomic E-state index is 0.0790. The van der Waals surface area contributed by atoms with E-state index in [2.05, 4.69) is 252 Å². The summed E-state index contributed by atoms with van der Waals surface area (Å²) in [6, 6.07) is 58.4. The Kier molecular flexibility index (Phi) is 10.3. The summed E-state index contributed by atoms with van der Waals surface area (Å²) in [5.41, 5.74) is 22.2. The molecule has 77 heavy (non-hydrogen) atoms. The van der Waals surface area contributed by atoms with Gasteiger partial charge in [0, 0.05) is 56.5 Å². The molecule has 384 valence electrons. The summed E-state index contributed by atoms with van der Waals surface area (Å²) in [5, 5.41) is 0. The third-order valence-corrected chi connectivity index (χ3v) is 16.8. The van der Waals surface area contributed by atoms with Gasteiger partial charge in [0.05, 0.1) is 12.5 Å². The molecule has 3 nitrogen and oxygen atoms in total. The van der Waals surface area contributed by atoms with E-state index in [0.717, 1.165) is 56.3 Å². The highest BCUT2D eigenvalue weighted by Gasteiger charge is 2.46. The molecule has 0 bridgehead atoms. The van der Waals surface area contributed by atoms with Crippen molar-refractivity contribution in [2.45, 2.75) is 124 Å². The number of hydrogen-bond acceptors (Lipinski definition) is 3. The summed E-state index contributed by atoms with van der Waals surface area (Å²) < 4.78 is 46.4. The van der Waals surface area contributed by atoms with E-state index >= 15 is 0 Å². The van der Waals surface area contributed by atoms with Crippen LogP contribution in [0.4, 0.5) is 51.2 Å². The molecule has 0 saturated heterocycles. The molecule has 9 aromatic rings. The SMILES string of the molecule is [2H]c1c([2H])c([2H])c(N(c2ccc3c(c2)N(c2ccc(C(C)(C)C)cc2)c2cc(C(C)(C)C)cc4c2B3c2cc(C(C)(C)C)ccc2N4c2ccc3c(c2)C(C)(C)c2ccccc2-3)c2ccc(C(C)(C)C)cc2-c2ccccc2)c([2H])c1[2H]. The van der Waals surface area contributed by atoms with Crippen molar-refractivity contribution in [3.05, 3.63) is 227 Å². The van der Waals surface area contributed by atoms with E-state index in [1.165, 1.54) is 49.9 Å². The van der Waals surface area contributed by atoms with Crippen molar-refractivity contribution in [3.8, 4) is 22.3 Å². The van der Waals surface area contributed by atoms with Crippen molar-refractivity contribution in [1.82, 2.24) is 0 Å². The van der Waals surface area contributed by atoms with Gasteiger partial charge in [-0.1, -0.05) is 212 Å². The maximum absolute atomic E-state index is 9.69. The molecule has 3 aliphatic rings. The molecule has 4 heteroatoms. The van der Waals surface area contributed by atoms with Crippen molar-refractivity contribution >= 4 is 74.3 Å². The molecule has 12 rings (SSSR count). The van der Waals surface area contributed by atoms with Gasteiger partial charge in [0.2, 0.25) is 0 Å². The minimum Gasteiger partial charge on any atom is -0.311 e. The highest BCUT2D eigenvalue weighted by atomic mass is 15.2. The lowest BCUT2D eigenvalue weighted by atomic mass is 9.33. The summed E-state index contributed by atoms with van der Waals surface area (Å²) in [6.45, 7) is 31.6. The first-order valence-electron chi connectivity index (χ1n) is 30.0. The first-order chi connectivity index (χ1) is 38.5. The number of para-hydroxylation sites is 1. The van der Waals surface area contributed by atoms with E-state index < -0.39 is 18.1 Å². The van der Waals surface area contributed by atoms with Gasteiger partial charge in [0.15, 0.2) is 0 Å². The van der Waals surface area contributed by atoms with Gasteiger partial charge in [-0.15, -0.1) is 0 Å². The molecule has 0 radical (unpaired) electrons. The number of fused-ring (bicyclic) bond motifs is 7. The van der Waals surface area contributed by atoms with Crippen LogP contribution in [0, 0.1) is 0 Å². The van der Waals surface area contributed by atoms with Crippen molar-refractivity contribution in [2.24, 2.45) is 0 Å². The summed E-state index contributed by atoms with van der Waals surface area (Å²) in [6.07, 6.45) is 0. The number of rotatable bonds is 6. The van der Waals surface area contributed by atoms with Gasteiger partial charge >= 0.3 is 0 Å². The molecule has 1 aliphatic carbocycles. The summed E-state index contributed by atoms with van der Waals surface area (Å²) >= 11 is 0. The molecule has 0 atom stereocenters. The number of nitrogens with zero attached hydrogens (tertiary/aromatic N) is 3. The molecule has 2 aliphatic heterocycles. The Morgan fingerprint density at radius 1 is 0.416 bits per heavy atom. The molecule has 0 amide bonds. The van der Waals surface area contributed by atoms with E-state index in [1.54, 1.807) is 0 Å². The number of benzene rings is 9. The Morgan fingerprint density at radius 3 is 1.65 bits per heavy atom. The molecule has 9 aromatic carbocycles. The molecule has 0 spiro atoms. The lowest BCUT2D eigenvalue weighted by molar-refractivity contribution is 0.590. The fourth-order valence-corrected chi connectivity index (χ4v) is 12.3. The van der Waals surface area contributed by atoms with Crippen molar-refractivity contribution < 1.29 is 6.85 Å². The molecule has 0 aromatic heterocycles. The Hall–Kier alpha value is -7.56. The first-order valence-corrected chi connectivity index (χ1v) is 27.5. The van der Waals surface area contributed by atoms with Crippen LogP contribution >= 0.6 is 0 Å². The summed E-state index contributed by atoms with van der Waals surface area (Å²) in [4.78, 5) is 6.90. The van der Waals surface area contributed by atoms with E-state index in [-0.39, 0.29) is 51.6 Å². The van der Waals surface area contributed by atoms with Gasteiger partial charge in [0.1, 0.15) is 0 Å². The molecule has 0 saturated carbocycles. The van der Waals surface area contributed by atoms with Crippen LogP contribution in [0.3, 0.4) is 0 Å². The topological polar surface area (TPSA) is 9.72 Å². The van der Waals surface area contributed by atoms with Crippen molar-refractivity contribution in [2.75, 3.05) is 14.7 Å². The van der Waals surface area contributed by atoms with Gasteiger partial charge in [-0.25, -0.2) is 0 Å². The van der Waals surface area contributed by atoms with Crippen LogP contribution in [0.1, 0.15) is 137 Å². The molecular weight excluding hydrogens is 930 g/mol. The lowest BCUT2D eigenvalue weighted by Gasteiger charge is -2.46. The number of anilines is 9. The Bertz CT molecular complexity index is 4050. The van der Waals surface area contributed by atoms with E-state index in [0.29, 0.717) is 11.4 Å². The maximum atomic E-state index is 9.69. The van der Waals surface area contributed by atoms with Crippen LogP contribution in [0.5, 0.6) is 0 Å². The average Bonchev–Trinajstić information content (AvgIpc) is 1.26. The maximum Gasteiger partial charge on any atom is 0.252 e. The second-order valence-electron chi connectivity index (χ2n) is 26.4. The second kappa shape index (κ2) is 17.7. The van der Waals surface area contributed by atoms with Crippen LogP contribution in [0.2, 0.25) is 0 Å². The highest BCUT2D eigenvalue weighted by Crippen LogP contribution is 2.53. The molecule has 0 N–H and O–H groups in total. The lowest BCUT2D eigenvalue weighted by Crippen LogP contribution is -2.61. The van der Waals surface area contributed by atoms with E-state index in [1.807, 2.05) is 23.1 Å². The smallest absolute Gasteiger partial charge is 0.252 e. The van der Waals surface area contributed by atoms with Crippen LogP contribution in [0.25, 0.3) is 22.3 Å². The standard InChI is InChI=1S/C73H74BN3/c1-69(2,3)48-29-33-53(34-30-48)76-65-46-55(75(52-25-19-16-20-26-52)63-39-31-49(70(4,5)6)41-58(63)47-23-17-15-18-24-47)36-38-61(65)74-62-42-50(71(7,8)9)32-40-64(62)77(67-44-51(72(10,11)12)43-66(76)68(67)74)54-35-37-57-56-27-21-22-28-59(56)73(13,14)60(57)45-54/h15-46H,1-14H3/i16D,19D,20D,25D,26D. The molecule has 0 unspecified atom stereocenters. The van der Waals surface area contributed by atoms with Crippen LogP contribution in [0.15, 0.2) is 194 Å². The van der Waals surface area contributed by atoms with Crippen LogP contribution < -0.4 is 31.1 Å². The summed E-state index contributed by atoms with van der Waals surface area (Å²) in [7, 11) is 0. The Labute approximate surface area is 467 Å². The van der Waals surface area contributed by atoms with Crippen LogP contribution in [-0.4, -0.2) is 6.71 Å². The van der Waals surface area contributed by atoms with Gasteiger partial charge in [-0.3, -0.25) is 0 Å². The first kappa shape index (κ1) is 44.6. The van der Waals surface area contributed by atoms with Crippen molar-refractivity contribution in [3.63, 3.8) is 0 Å². The predicted octanol–water partition coefficient (Wildman–Crippen LogP) is 18.4. The summed E-state index contributed by atoms with van der Waals surface area (Å²) in [5.74, 6) is 0. The minimum atomic E-state index is -0.434.